The van der Waals surface area contributed by atoms with Gasteiger partial charge in [-0.2, -0.15) is 0 Å². The fourth-order valence-electron chi connectivity index (χ4n) is 9.70. The van der Waals surface area contributed by atoms with Gasteiger partial charge in [0.1, 0.15) is 13.2 Å². The van der Waals surface area contributed by atoms with E-state index < -0.39 is 20.0 Å². The summed E-state index contributed by atoms with van der Waals surface area (Å²) in [6, 6.07) is -0.854. The number of hydrogen-bond donors (Lipinski definition) is 3. The lowest BCUT2D eigenvalue weighted by Crippen LogP contribution is -2.45. The average Bonchev–Trinajstić information content (AvgIpc) is 3.37. The predicted molar refractivity (Wildman–Crippen MR) is 327 cm³/mol. The largest absolute Gasteiger partial charge is 0.472 e. The van der Waals surface area contributed by atoms with Crippen LogP contribution in [0.1, 0.15) is 316 Å². The van der Waals surface area contributed by atoms with Gasteiger partial charge in [-0.25, -0.2) is 4.57 Å². The van der Waals surface area contributed by atoms with Crippen molar-refractivity contribution in [3.8, 4) is 0 Å². The lowest BCUT2D eigenvalue weighted by Gasteiger charge is -2.25. The molecule has 3 atom stereocenters. The third-order valence-corrected chi connectivity index (χ3v) is 15.8. The smallest absolute Gasteiger partial charge is 0.387 e. The molecular formula is C66H128N2O6P+. The second-order valence-electron chi connectivity index (χ2n) is 23.5. The predicted octanol–water partition coefficient (Wildman–Crippen LogP) is 20.3. The van der Waals surface area contributed by atoms with Gasteiger partial charge < -0.3 is 19.8 Å². The number of amides is 1. The van der Waals surface area contributed by atoms with Crippen molar-refractivity contribution in [1.82, 2.24) is 5.32 Å². The van der Waals surface area contributed by atoms with Crippen LogP contribution in [0.3, 0.4) is 0 Å². The van der Waals surface area contributed by atoms with Gasteiger partial charge in [0.25, 0.3) is 0 Å². The zero-order chi connectivity index (χ0) is 54.9. The van der Waals surface area contributed by atoms with Gasteiger partial charge in [0, 0.05) is 6.42 Å². The van der Waals surface area contributed by atoms with Gasteiger partial charge >= 0.3 is 7.82 Å². The monoisotopic (exact) mass is 1080 g/mol. The normalized spacial score (nSPS) is 14.1. The first-order valence-electron chi connectivity index (χ1n) is 32.5. The highest BCUT2D eigenvalue weighted by molar-refractivity contribution is 7.47. The van der Waals surface area contributed by atoms with Crippen LogP contribution in [-0.4, -0.2) is 73.4 Å². The van der Waals surface area contributed by atoms with Crippen molar-refractivity contribution in [2.75, 3.05) is 40.9 Å². The molecule has 1 amide bonds. The number of allylic oxidation sites excluding steroid dienone is 7. The van der Waals surface area contributed by atoms with E-state index in [9.17, 15) is 19.4 Å². The summed E-state index contributed by atoms with van der Waals surface area (Å²) >= 11 is 0. The van der Waals surface area contributed by atoms with E-state index in [0.29, 0.717) is 17.4 Å². The third kappa shape index (κ3) is 60.0. The zero-order valence-corrected chi connectivity index (χ0v) is 51.4. The summed E-state index contributed by atoms with van der Waals surface area (Å²) in [4.78, 5) is 23.4. The highest BCUT2D eigenvalue weighted by atomic mass is 31.2. The number of carbonyl (C=O) groups excluding carboxylic acids is 1. The first kappa shape index (κ1) is 73.5. The molecule has 0 rings (SSSR count). The summed E-state index contributed by atoms with van der Waals surface area (Å²) in [6.07, 6.45) is 76.6. The van der Waals surface area contributed by atoms with E-state index in [-0.39, 0.29) is 19.1 Å². The van der Waals surface area contributed by atoms with Crippen LogP contribution in [0, 0.1) is 0 Å². The van der Waals surface area contributed by atoms with Crippen molar-refractivity contribution in [3.63, 3.8) is 0 Å². The second kappa shape index (κ2) is 57.2. The Morgan fingerprint density at radius 3 is 1.11 bits per heavy atom. The van der Waals surface area contributed by atoms with Crippen LogP contribution in [0.5, 0.6) is 0 Å². The van der Waals surface area contributed by atoms with Gasteiger partial charge in [-0.05, 0) is 57.8 Å². The molecule has 8 nitrogen and oxygen atoms in total. The number of rotatable bonds is 60. The van der Waals surface area contributed by atoms with Gasteiger partial charge in [0.15, 0.2) is 0 Å². The molecule has 75 heavy (non-hydrogen) atoms. The molecule has 0 aromatic carbocycles. The molecule has 0 saturated carbocycles. The van der Waals surface area contributed by atoms with Crippen molar-refractivity contribution in [3.05, 3.63) is 48.6 Å². The number of nitrogens with zero attached hydrogens (tertiary/aromatic N) is 1. The van der Waals surface area contributed by atoms with Crippen molar-refractivity contribution in [2.24, 2.45) is 0 Å². The van der Waals surface area contributed by atoms with E-state index in [1.165, 1.54) is 238 Å². The number of nitrogens with one attached hydrogen (secondary N) is 1. The van der Waals surface area contributed by atoms with E-state index >= 15 is 0 Å². The maximum Gasteiger partial charge on any atom is 0.472 e. The summed E-state index contributed by atoms with van der Waals surface area (Å²) in [5.74, 6) is -0.181. The maximum absolute atomic E-state index is 13.0. The number of unbranched alkanes of at least 4 members (excludes halogenated alkanes) is 41. The van der Waals surface area contributed by atoms with Crippen LogP contribution in [0.2, 0.25) is 0 Å². The average molecular weight is 1080 g/mol. The Hall–Kier alpha value is -1.54. The number of quaternary nitrogens is 1. The Labute approximate surface area is 467 Å². The standard InChI is InChI=1S/C66H127N2O6P/c1-6-8-10-12-14-16-18-20-22-24-26-28-30-31-32-33-34-35-36-38-39-41-43-45-47-49-51-53-55-57-59-65(69)64(63-74-75(71,72)73-62-61-68(3,4)5)67-66(70)60-58-56-54-52-50-48-46-44-42-40-37-29-27-25-23-21-19-17-15-13-11-9-7-2/h19,21,25,27,37,40,57,59,64-65,69H,6-18,20,22-24,26,28-36,38-39,41-56,58,60-63H2,1-5H3,(H-,67,70,71,72)/p+1/b21-19-,27-25-,40-37-,59-57+. The first-order chi connectivity index (χ1) is 36.5. The third-order valence-electron chi connectivity index (χ3n) is 14.8. The van der Waals surface area contributed by atoms with Crippen molar-refractivity contribution in [1.29, 1.82) is 0 Å². The number of aliphatic hydroxyl groups is 1. The Kier molecular flexibility index (Phi) is 56.0. The Bertz CT molecular complexity index is 1360. The summed E-state index contributed by atoms with van der Waals surface area (Å²) < 4.78 is 23.8. The number of hydrogen-bond acceptors (Lipinski definition) is 5. The molecule has 0 aliphatic carbocycles. The molecule has 0 spiro atoms. The molecule has 0 heterocycles. The topological polar surface area (TPSA) is 105 Å². The molecule has 3 N–H and O–H groups in total. The second-order valence-corrected chi connectivity index (χ2v) is 24.9. The number of carbonyl (C=O) groups is 1. The molecule has 0 aromatic rings. The number of aliphatic hydroxyl groups excluding tert-OH is 1. The summed E-state index contributed by atoms with van der Waals surface area (Å²) in [5, 5.41) is 14.0. The van der Waals surface area contributed by atoms with E-state index in [2.05, 4.69) is 55.6 Å². The van der Waals surface area contributed by atoms with Crippen LogP contribution < -0.4 is 5.32 Å². The number of phosphoric acid groups is 1. The highest BCUT2D eigenvalue weighted by Crippen LogP contribution is 2.43. The van der Waals surface area contributed by atoms with Gasteiger partial charge in [0.2, 0.25) is 5.91 Å². The summed E-state index contributed by atoms with van der Waals surface area (Å²) in [6.45, 7) is 4.84. The van der Waals surface area contributed by atoms with Gasteiger partial charge in [0.05, 0.1) is 39.9 Å². The van der Waals surface area contributed by atoms with Crippen molar-refractivity contribution in [2.45, 2.75) is 328 Å². The molecule has 3 unspecified atom stereocenters. The molecule has 0 saturated heterocycles. The fraction of sp³-hybridized carbons (Fsp3) is 0.864. The fourth-order valence-corrected chi connectivity index (χ4v) is 10.4. The Morgan fingerprint density at radius 2 is 0.760 bits per heavy atom. The van der Waals surface area contributed by atoms with Crippen LogP contribution in [0.15, 0.2) is 48.6 Å². The van der Waals surface area contributed by atoms with Gasteiger partial charge in [-0.1, -0.05) is 300 Å². The van der Waals surface area contributed by atoms with Crippen molar-refractivity contribution < 1.29 is 32.9 Å². The minimum Gasteiger partial charge on any atom is -0.387 e. The van der Waals surface area contributed by atoms with E-state index in [4.69, 9.17) is 9.05 Å². The van der Waals surface area contributed by atoms with Gasteiger partial charge in [-0.3, -0.25) is 13.8 Å². The molecule has 0 bridgehead atoms. The molecule has 0 aliphatic rings. The molecule has 0 radical (unpaired) electrons. The lowest BCUT2D eigenvalue weighted by atomic mass is 10.0. The Morgan fingerprint density at radius 1 is 0.453 bits per heavy atom. The van der Waals surface area contributed by atoms with E-state index in [1.54, 1.807) is 6.08 Å². The van der Waals surface area contributed by atoms with Crippen molar-refractivity contribution >= 4 is 13.7 Å². The molecule has 0 aliphatic heterocycles. The zero-order valence-electron chi connectivity index (χ0n) is 50.6. The van der Waals surface area contributed by atoms with Crippen LogP contribution in [0.25, 0.3) is 0 Å². The number of phosphoric ester groups is 1. The molecule has 442 valence electrons. The molecule has 0 fully saturated rings. The van der Waals surface area contributed by atoms with Gasteiger partial charge in [-0.15, -0.1) is 0 Å². The van der Waals surface area contributed by atoms with Crippen LogP contribution in [0.4, 0.5) is 0 Å². The quantitative estimate of drug-likeness (QED) is 0.0243. The highest BCUT2D eigenvalue weighted by Gasteiger charge is 2.28. The summed E-state index contributed by atoms with van der Waals surface area (Å²) in [5.41, 5.74) is 0. The van der Waals surface area contributed by atoms with E-state index in [1.807, 2.05) is 27.2 Å². The summed E-state index contributed by atoms with van der Waals surface area (Å²) in [7, 11) is 1.57. The maximum atomic E-state index is 13.0. The number of likely N-dealkylation sites (N-methyl/N-ethyl adjacent to an activating group) is 1. The first-order valence-corrected chi connectivity index (χ1v) is 34.0. The van der Waals surface area contributed by atoms with E-state index in [0.717, 1.165) is 57.8 Å². The molecule has 9 heteroatoms. The van der Waals surface area contributed by atoms with Crippen LogP contribution >= 0.6 is 7.82 Å². The Balaban J connectivity index is 4.13. The minimum absolute atomic E-state index is 0.0593. The molecule has 0 aromatic heterocycles. The molecular weight excluding hydrogens is 948 g/mol. The lowest BCUT2D eigenvalue weighted by molar-refractivity contribution is -0.870. The minimum atomic E-state index is -4.35. The SMILES string of the molecule is CCCCCCC/C=C\C/C=C\C/C=C\CCCCCCCCCCC(=O)NC(COP(=O)(O)OCC[N+](C)(C)C)C(O)/C=C/CCCCCCCCCCCCCCCCCCCCCCCCCCCCCC. The van der Waals surface area contributed by atoms with Crippen LogP contribution in [-0.2, 0) is 18.4 Å².